The van der Waals surface area contributed by atoms with Crippen molar-refractivity contribution in [2.45, 2.75) is 13.5 Å². The van der Waals surface area contributed by atoms with Crippen LogP contribution in [0.1, 0.15) is 16.7 Å². The van der Waals surface area contributed by atoms with Crippen LogP contribution in [-0.4, -0.2) is 21.2 Å². The third-order valence-electron chi connectivity index (χ3n) is 3.64. The molecule has 2 amide bonds. The van der Waals surface area contributed by atoms with Gasteiger partial charge in [0.2, 0.25) is 0 Å². The van der Waals surface area contributed by atoms with Gasteiger partial charge in [-0.15, -0.1) is 0 Å². The van der Waals surface area contributed by atoms with E-state index < -0.39 is 0 Å². The number of benzene rings is 2. The number of phenolic OH excluding ortho intramolecular Hbond substituents is 1. The van der Waals surface area contributed by atoms with Gasteiger partial charge in [-0.25, -0.2) is 0 Å². The van der Waals surface area contributed by atoms with Gasteiger partial charge in [-0.3, -0.25) is 14.5 Å². The molecular formula is C18H13BrClNO3S. The monoisotopic (exact) mass is 437 g/mol. The van der Waals surface area contributed by atoms with Crippen molar-refractivity contribution in [3.63, 3.8) is 0 Å². The number of rotatable bonds is 3. The minimum Gasteiger partial charge on any atom is -0.506 e. The molecule has 0 atom stereocenters. The van der Waals surface area contributed by atoms with Crippen LogP contribution in [0, 0.1) is 6.92 Å². The Bertz CT molecular complexity index is 913. The first-order chi connectivity index (χ1) is 11.8. The molecule has 128 valence electrons. The average Bonchev–Trinajstić information content (AvgIpc) is 2.80. The third kappa shape index (κ3) is 3.92. The molecule has 0 aliphatic carbocycles. The van der Waals surface area contributed by atoms with E-state index >= 15 is 0 Å². The zero-order chi connectivity index (χ0) is 18.1. The minimum absolute atomic E-state index is 0.0325. The van der Waals surface area contributed by atoms with Crippen molar-refractivity contribution in [1.82, 2.24) is 4.90 Å². The van der Waals surface area contributed by atoms with Crippen LogP contribution in [0.25, 0.3) is 6.08 Å². The van der Waals surface area contributed by atoms with Crippen LogP contribution in [0.5, 0.6) is 5.75 Å². The number of hydrogen-bond donors (Lipinski definition) is 1. The summed E-state index contributed by atoms with van der Waals surface area (Å²) in [6.45, 7) is 2.17. The number of aromatic hydroxyl groups is 1. The second-order valence-corrected chi connectivity index (χ2v) is 7.87. The summed E-state index contributed by atoms with van der Waals surface area (Å²) in [4.78, 5) is 26.3. The molecule has 0 saturated carbocycles. The van der Waals surface area contributed by atoms with Gasteiger partial charge in [0.25, 0.3) is 11.1 Å². The highest BCUT2D eigenvalue weighted by atomic mass is 79.9. The maximum atomic E-state index is 12.6. The molecule has 2 aromatic rings. The number of imide groups is 1. The molecule has 1 saturated heterocycles. The molecule has 0 aromatic heterocycles. The molecule has 1 heterocycles. The van der Waals surface area contributed by atoms with E-state index in [1.54, 1.807) is 6.07 Å². The molecule has 1 aliphatic rings. The second kappa shape index (κ2) is 7.23. The number of hydrogen-bond acceptors (Lipinski definition) is 4. The number of carbonyl (C=O) groups is 2. The maximum Gasteiger partial charge on any atom is 0.293 e. The first-order valence-electron chi connectivity index (χ1n) is 7.34. The van der Waals surface area contributed by atoms with Gasteiger partial charge < -0.3 is 5.11 Å². The van der Waals surface area contributed by atoms with Crippen molar-refractivity contribution in [2.24, 2.45) is 0 Å². The zero-order valence-corrected chi connectivity index (χ0v) is 16.3. The van der Waals surface area contributed by atoms with Gasteiger partial charge in [0, 0.05) is 10.6 Å². The maximum absolute atomic E-state index is 12.6. The lowest BCUT2D eigenvalue weighted by Crippen LogP contribution is -2.27. The molecule has 0 spiro atoms. The molecule has 1 fully saturated rings. The summed E-state index contributed by atoms with van der Waals surface area (Å²) in [5, 5.41) is 10.2. The van der Waals surface area contributed by atoms with Crippen LogP contribution >= 0.6 is 39.3 Å². The molecule has 25 heavy (non-hydrogen) atoms. The summed E-state index contributed by atoms with van der Waals surface area (Å²) in [7, 11) is 0. The number of thioether (sulfide) groups is 1. The summed E-state index contributed by atoms with van der Waals surface area (Å²) >= 11 is 10.0. The molecule has 0 radical (unpaired) electrons. The van der Waals surface area contributed by atoms with E-state index in [2.05, 4.69) is 15.9 Å². The number of carbonyl (C=O) groups excluding carboxylic acids is 2. The highest BCUT2D eigenvalue weighted by Gasteiger charge is 2.35. The van der Waals surface area contributed by atoms with E-state index in [1.807, 2.05) is 31.2 Å². The standard InChI is InChI=1S/C18H13BrClNO3S/c1-10-3-2-4-11(5-10)9-21-17(23)15(25-18(21)24)7-12-6-13(20)8-14(19)16(12)22/h2-8,22H,9H2,1H3/b15-7-. The Balaban J connectivity index is 1.89. The Morgan fingerprint density at radius 2 is 2.04 bits per heavy atom. The van der Waals surface area contributed by atoms with Crippen molar-refractivity contribution in [3.8, 4) is 5.75 Å². The first kappa shape index (κ1) is 18.0. The molecular weight excluding hydrogens is 426 g/mol. The lowest BCUT2D eigenvalue weighted by atomic mass is 10.1. The van der Waals surface area contributed by atoms with Crippen molar-refractivity contribution >= 4 is 56.5 Å². The fourth-order valence-electron chi connectivity index (χ4n) is 2.47. The lowest BCUT2D eigenvalue weighted by molar-refractivity contribution is -0.123. The van der Waals surface area contributed by atoms with Crippen LogP contribution < -0.4 is 0 Å². The van der Waals surface area contributed by atoms with Gasteiger partial charge in [0.05, 0.1) is 15.9 Å². The lowest BCUT2D eigenvalue weighted by Gasteiger charge is -2.12. The Hall–Kier alpha value is -1.76. The molecule has 3 rings (SSSR count). The summed E-state index contributed by atoms with van der Waals surface area (Å²) < 4.78 is 0.422. The number of amides is 2. The number of nitrogens with zero attached hydrogens (tertiary/aromatic N) is 1. The van der Waals surface area contributed by atoms with Gasteiger partial charge in [0.15, 0.2) is 0 Å². The van der Waals surface area contributed by atoms with Gasteiger partial charge in [-0.1, -0.05) is 41.4 Å². The van der Waals surface area contributed by atoms with E-state index in [4.69, 9.17) is 11.6 Å². The van der Waals surface area contributed by atoms with E-state index in [0.29, 0.717) is 15.1 Å². The van der Waals surface area contributed by atoms with Gasteiger partial charge >= 0.3 is 0 Å². The van der Waals surface area contributed by atoms with Gasteiger partial charge in [-0.2, -0.15) is 0 Å². The fourth-order valence-corrected chi connectivity index (χ4v) is 4.13. The summed E-state index contributed by atoms with van der Waals surface area (Å²) in [6.07, 6.45) is 1.48. The smallest absolute Gasteiger partial charge is 0.293 e. The third-order valence-corrected chi connectivity index (χ3v) is 5.37. The molecule has 1 N–H and O–H groups in total. The quantitative estimate of drug-likeness (QED) is 0.656. The van der Waals surface area contributed by atoms with Crippen LogP contribution in [0.2, 0.25) is 5.02 Å². The largest absolute Gasteiger partial charge is 0.506 e. The molecule has 1 aliphatic heterocycles. The predicted octanol–water partition coefficient (Wildman–Crippen LogP) is 5.35. The summed E-state index contributed by atoms with van der Waals surface area (Å²) in [5.41, 5.74) is 2.33. The Morgan fingerprint density at radius 1 is 1.28 bits per heavy atom. The highest BCUT2D eigenvalue weighted by Crippen LogP contribution is 2.37. The average molecular weight is 439 g/mol. The number of halogens is 2. The van der Waals surface area contributed by atoms with Crippen molar-refractivity contribution in [2.75, 3.05) is 0 Å². The molecule has 4 nitrogen and oxygen atoms in total. The van der Waals surface area contributed by atoms with E-state index in [9.17, 15) is 14.7 Å². The molecule has 7 heteroatoms. The summed E-state index contributed by atoms with van der Waals surface area (Å²) in [6, 6.07) is 10.7. The Labute approximate surface area is 162 Å². The molecule has 2 aromatic carbocycles. The van der Waals surface area contributed by atoms with Crippen LogP contribution in [-0.2, 0) is 11.3 Å². The van der Waals surface area contributed by atoms with Crippen molar-refractivity contribution in [3.05, 3.63) is 67.5 Å². The van der Waals surface area contributed by atoms with E-state index in [-0.39, 0.29) is 28.3 Å². The Kier molecular flexibility index (Phi) is 5.22. The SMILES string of the molecule is Cc1cccc(CN2C(=O)S/C(=C\c3cc(Cl)cc(Br)c3O)C2=O)c1. The van der Waals surface area contributed by atoms with Crippen LogP contribution in [0.4, 0.5) is 4.79 Å². The van der Waals surface area contributed by atoms with E-state index in [1.165, 1.54) is 17.0 Å². The number of phenols is 1. The normalized spacial score (nSPS) is 16.1. The van der Waals surface area contributed by atoms with Crippen LogP contribution in [0.15, 0.2) is 45.8 Å². The fraction of sp³-hybridized carbons (Fsp3) is 0.111. The Morgan fingerprint density at radius 3 is 2.76 bits per heavy atom. The number of aryl methyl sites for hydroxylation is 1. The van der Waals surface area contributed by atoms with Gasteiger partial charge in [0.1, 0.15) is 5.75 Å². The summed E-state index contributed by atoms with van der Waals surface area (Å²) in [5.74, 6) is -0.415. The molecule has 0 bridgehead atoms. The zero-order valence-electron chi connectivity index (χ0n) is 13.1. The minimum atomic E-state index is -0.382. The second-order valence-electron chi connectivity index (χ2n) is 5.58. The van der Waals surface area contributed by atoms with Crippen molar-refractivity contribution < 1.29 is 14.7 Å². The van der Waals surface area contributed by atoms with Crippen LogP contribution in [0.3, 0.4) is 0 Å². The van der Waals surface area contributed by atoms with E-state index in [0.717, 1.165) is 22.9 Å². The predicted molar refractivity (Wildman–Crippen MR) is 104 cm³/mol. The van der Waals surface area contributed by atoms with Crippen molar-refractivity contribution in [1.29, 1.82) is 0 Å². The highest BCUT2D eigenvalue weighted by molar-refractivity contribution is 9.10. The topological polar surface area (TPSA) is 57.6 Å². The van der Waals surface area contributed by atoms with Gasteiger partial charge in [-0.05, 0) is 58.4 Å². The molecule has 0 unspecified atom stereocenters. The first-order valence-corrected chi connectivity index (χ1v) is 9.33.